The van der Waals surface area contributed by atoms with Gasteiger partial charge in [0, 0.05) is 16.2 Å². The molecule has 0 saturated carbocycles. The lowest BCUT2D eigenvalue weighted by Gasteiger charge is -1.96. The van der Waals surface area contributed by atoms with Gasteiger partial charge in [-0.25, -0.2) is 4.98 Å². The number of pyridine rings is 1. The van der Waals surface area contributed by atoms with E-state index in [1.165, 1.54) is 4.90 Å². The number of aromatic nitrogens is 1. The second-order valence-corrected chi connectivity index (χ2v) is 4.53. The van der Waals surface area contributed by atoms with Gasteiger partial charge < -0.3 is 0 Å². The summed E-state index contributed by atoms with van der Waals surface area (Å²) in [5.74, 6) is 6.22. The summed E-state index contributed by atoms with van der Waals surface area (Å²) in [6.45, 7) is 1.97. The Hall–Kier alpha value is -1.43. The van der Waals surface area contributed by atoms with Crippen LogP contribution in [0.25, 0.3) is 0 Å². The molecule has 18 heavy (non-hydrogen) atoms. The lowest BCUT2D eigenvalue weighted by atomic mass is 10.2. The van der Waals surface area contributed by atoms with Crippen LogP contribution in [0.15, 0.2) is 47.4 Å². The Morgan fingerprint density at radius 2 is 1.83 bits per heavy atom. The van der Waals surface area contributed by atoms with Gasteiger partial charge in [-0.05, 0) is 49.4 Å². The molecule has 92 valence electrons. The zero-order valence-electron chi connectivity index (χ0n) is 10.3. The van der Waals surface area contributed by atoms with E-state index < -0.39 is 0 Å². The highest BCUT2D eigenvalue weighted by Crippen LogP contribution is 2.15. The van der Waals surface area contributed by atoms with Crippen LogP contribution in [0.3, 0.4) is 0 Å². The Kier molecular flexibility index (Phi) is 5.77. The van der Waals surface area contributed by atoms with Crippen LogP contribution in [0.2, 0.25) is 0 Å². The standard InChI is InChI=1S/C15H13NS.ClH/c1-12-5-3-7-14(16-12)10-9-13-6-4-8-15(11-13)17-2;/h3-8,11H,1-2H3;1H. The molecule has 0 aliphatic heterocycles. The summed E-state index contributed by atoms with van der Waals surface area (Å²) in [6, 6.07) is 14.1. The van der Waals surface area contributed by atoms with Crippen molar-refractivity contribution in [3.05, 3.63) is 59.4 Å². The Balaban J connectivity index is 0.00000162. The average molecular weight is 276 g/mol. The number of aryl methyl sites for hydroxylation is 1. The first-order valence-electron chi connectivity index (χ1n) is 5.37. The summed E-state index contributed by atoms with van der Waals surface area (Å²) in [4.78, 5) is 5.58. The van der Waals surface area contributed by atoms with Crippen LogP contribution < -0.4 is 0 Å². The van der Waals surface area contributed by atoms with E-state index in [1.807, 2.05) is 37.3 Å². The molecule has 0 saturated heterocycles. The summed E-state index contributed by atoms with van der Waals surface area (Å²) in [5.41, 5.74) is 2.84. The van der Waals surface area contributed by atoms with Crippen LogP contribution >= 0.6 is 24.2 Å². The summed E-state index contributed by atoms with van der Waals surface area (Å²) >= 11 is 1.72. The molecule has 0 atom stereocenters. The first kappa shape index (κ1) is 14.6. The number of halogens is 1. The zero-order chi connectivity index (χ0) is 12.1. The minimum absolute atomic E-state index is 0. The smallest absolute Gasteiger partial charge is 0.113 e. The van der Waals surface area contributed by atoms with E-state index in [-0.39, 0.29) is 12.4 Å². The van der Waals surface area contributed by atoms with Crippen molar-refractivity contribution in [2.45, 2.75) is 11.8 Å². The van der Waals surface area contributed by atoms with Crippen molar-refractivity contribution in [3.63, 3.8) is 0 Å². The topological polar surface area (TPSA) is 12.9 Å². The fourth-order valence-electron chi connectivity index (χ4n) is 1.45. The fourth-order valence-corrected chi connectivity index (χ4v) is 1.91. The molecule has 3 heteroatoms. The molecule has 0 bridgehead atoms. The first-order chi connectivity index (χ1) is 8.28. The quantitative estimate of drug-likeness (QED) is 0.578. The minimum atomic E-state index is 0. The SMILES string of the molecule is CSc1cccc(C#Cc2cccc(C)n2)c1.Cl. The van der Waals surface area contributed by atoms with Crippen LogP contribution in [0.5, 0.6) is 0 Å². The van der Waals surface area contributed by atoms with Gasteiger partial charge in [0.1, 0.15) is 5.69 Å². The largest absolute Gasteiger partial charge is 0.245 e. The summed E-state index contributed by atoms with van der Waals surface area (Å²) in [6.07, 6.45) is 2.06. The van der Waals surface area contributed by atoms with Gasteiger partial charge >= 0.3 is 0 Å². The molecular formula is C15H14ClNS. The molecule has 1 nitrogen and oxygen atoms in total. The van der Waals surface area contributed by atoms with Crippen molar-refractivity contribution in [1.29, 1.82) is 0 Å². The van der Waals surface area contributed by atoms with Crippen molar-refractivity contribution in [2.75, 3.05) is 6.26 Å². The molecule has 0 spiro atoms. The monoisotopic (exact) mass is 275 g/mol. The highest BCUT2D eigenvalue weighted by atomic mass is 35.5. The maximum atomic E-state index is 4.35. The molecule has 0 aliphatic carbocycles. The number of hydrogen-bond donors (Lipinski definition) is 0. The van der Waals surface area contributed by atoms with Crippen molar-refractivity contribution >= 4 is 24.2 Å². The molecule has 2 rings (SSSR count). The van der Waals surface area contributed by atoms with E-state index in [2.05, 4.69) is 35.2 Å². The van der Waals surface area contributed by atoms with Crippen molar-refractivity contribution < 1.29 is 0 Å². The number of nitrogens with zero attached hydrogens (tertiary/aromatic N) is 1. The maximum Gasteiger partial charge on any atom is 0.113 e. The molecule has 0 amide bonds. The Morgan fingerprint density at radius 3 is 2.56 bits per heavy atom. The van der Waals surface area contributed by atoms with Crippen molar-refractivity contribution in [1.82, 2.24) is 4.98 Å². The van der Waals surface area contributed by atoms with Crippen LogP contribution in [0.4, 0.5) is 0 Å². The molecule has 2 aromatic rings. The van der Waals surface area contributed by atoms with Gasteiger partial charge in [-0.1, -0.05) is 18.1 Å². The maximum absolute atomic E-state index is 4.35. The zero-order valence-corrected chi connectivity index (χ0v) is 11.9. The van der Waals surface area contributed by atoms with E-state index in [0.717, 1.165) is 17.0 Å². The molecule has 0 aliphatic rings. The van der Waals surface area contributed by atoms with E-state index >= 15 is 0 Å². The second-order valence-electron chi connectivity index (χ2n) is 3.65. The third-order valence-electron chi connectivity index (χ3n) is 2.29. The minimum Gasteiger partial charge on any atom is -0.245 e. The molecule has 0 N–H and O–H groups in total. The first-order valence-corrected chi connectivity index (χ1v) is 6.60. The third kappa shape index (κ3) is 4.10. The molecule has 0 radical (unpaired) electrons. The summed E-state index contributed by atoms with van der Waals surface area (Å²) < 4.78 is 0. The van der Waals surface area contributed by atoms with E-state index in [9.17, 15) is 0 Å². The second kappa shape index (κ2) is 7.10. The predicted molar refractivity (Wildman–Crippen MR) is 80.4 cm³/mol. The molecule has 1 aromatic heterocycles. The van der Waals surface area contributed by atoms with Crippen LogP contribution in [-0.4, -0.2) is 11.2 Å². The van der Waals surface area contributed by atoms with Crippen LogP contribution in [-0.2, 0) is 0 Å². The summed E-state index contributed by atoms with van der Waals surface area (Å²) in [5, 5.41) is 0. The lowest BCUT2D eigenvalue weighted by molar-refractivity contribution is 1.18. The lowest BCUT2D eigenvalue weighted by Crippen LogP contribution is -1.84. The van der Waals surface area contributed by atoms with Gasteiger partial charge in [0.2, 0.25) is 0 Å². The van der Waals surface area contributed by atoms with Gasteiger partial charge in [0.15, 0.2) is 0 Å². The Bertz CT molecular complexity index is 584. The number of rotatable bonds is 1. The van der Waals surface area contributed by atoms with Crippen LogP contribution in [0.1, 0.15) is 17.0 Å². The van der Waals surface area contributed by atoms with Crippen molar-refractivity contribution in [3.8, 4) is 11.8 Å². The normalized spacial score (nSPS) is 9.00. The van der Waals surface area contributed by atoms with E-state index in [1.54, 1.807) is 11.8 Å². The molecule has 0 fully saturated rings. The molecule has 1 aromatic carbocycles. The van der Waals surface area contributed by atoms with Crippen molar-refractivity contribution in [2.24, 2.45) is 0 Å². The van der Waals surface area contributed by atoms with Gasteiger partial charge in [0.25, 0.3) is 0 Å². The number of benzene rings is 1. The molecule has 0 unspecified atom stereocenters. The predicted octanol–water partition coefficient (Wildman–Crippen LogP) is 3.93. The van der Waals surface area contributed by atoms with Gasteiger partial charge in [-0.15, -0.1) is 24.2 Å². The van der Waals surface area contributed by atoms with Gasteiger partial charge in [-0.3, -0.25) is 0 Å². The van der Waals surface area contributed by atoms with Gasteiger partial charge in [-0.2, -0.15) is 0 Å². The third-order valence-corrected chi connectivity index (χ3v) is 3.02. The summed E-state index contributed by atoms with van der Waals surface area (Å²) in [7, 11) is 0. The van der Waals surface area contributed by atoms with E-state index in [4.69, 9.17) is 0 Å². The highest BCUT2D eigenvalue weighted by Gasteiger charge is 1.92. The Labute approximate surface area is 118 Å². The fraction of sp³-hybridized carbons (Fsp3) is 0.133. The Morgan fingerprint density at radius 1 is 1.06 bits per heavy atom. The van der Waals surface area contributed by atoms with Crippen LogP contribution in [0, 0.1) is 18.8 Å². The van der Waals surface area contributed by atoms with E-state index in [0.29, 0.717) is 0 Å². The number of hydrogen-bond acceptors (Lipinski definition) is 2. The van der Waals surface area contributed by atoms with Gasteiger partial charge in [0.05, 0.1) is 0 Å². The highest BCUT2D eigenvalue weighted by molar-refractivity contribution is 7.98. The number of thioether (sulfide) groups is 1. The average Bonchev–Trinajstić information content (AvgIpc) is 2.37. The molecular weight excluding hydrogens is 262 g/mol. The molecule has 1 heterocycles.